The molecule has 1 aliphatic heterocycles. The number of hydrogen-bond acceptors (Lipinski definition) is 5. The normalized spacial score (nSPS) is 16.5. The van der Waals surface area contributed by atoms with Crippen molar-refractivity contribution < 1.29 is 19.1 Å². The van der Waals surface area contributed by atoms with E-state index in [-0.39, 0.29) is 31.1 Å². The number of Topliss-reactive ketones (excluding diaryl/α,β-unsaturated/α-hetero) is 1. The van der Waals surface area contributed by atoms with Gasteiger partial charge in [-0.3, -0.25) is 14.3 Å². The van der Waals surface area contributed by atoms with Crippen molar-refractivity contribution in [2.75, 3.05) is 13.2 Å². The van der Waals surface area contributed by atoms with E-state index in [0.717, 1.165) is 43.2 Å². The highest BCUT2D eigenvalue weighted by Gasteiger charge is 2.24. The van der Waals surface area contributed by atoms with Gasteiger partial charge in [0.25, 0.3) is 5.91 Å². The van der Waals surface area contributed by atoms with Gasteiger partial charge in [-0.15, -0.1) is 0 Å². The molecule has 0 aliphatic carbocycles. The number of nitrogens with one attached hydrogen (secondary N) is 1. The van der Waals surface area contributed by atoms with Gasteiger partial charge in [0.15, 0.2) is 12.1 Å². The fraction of sp³-hybridized carbons (Fsp3) is 0.393. The molecular formula is C28H33N3O4. The van der Waals surface area contributed by atoms with Gasteiger partial charge in [-0.25, -0.2) is 0 Å². The number of carbonyl (C=O) groups excluding carboxylic acids is 2. The van der Waals surface area contributed by atoms with Crippen LogP contribution in [0.4, 0.5) is 0 Å². The number of ether oxygens (including phenoxy) is 2. The van der Waals surface area contributed by atoms with Gasteiger partial charge in [-0.2, -0.15) is 5.10 Å². The van der Waals surface area contributed by atoms with Gasteiger partial charge in [0, 0.05) is 24.6 Å². The molecule has 2 atom stereocenters. The topological polar surface area (TPSA) is 82.5 Å². The van der Waals surface area contributed by atoms with Crippen LogP contribution in [0.1, 0.15) is 48.5 Å². The molecule has 1 fully saturated rings. The lowest BCUT2D eigenvalue weighted by Gasteiger charge is -2.24. The first-order valence-electron chi connectivity index (χ1n) is 12.4. The third-order valence-electron chi connectivity index (χ3n) is 6.15. The monoisotopic (exact) mass is 475 g/mol. The van der Waals surface area contributed by atoms with E-state index in [1.54, 1.807) is 35.3 Å². The van der Waals surface area contributed by atoms with Crippen LogP contribution < -0.4 is 5.32 Å². The van der Waals surface area contributed by atoms with E-state index in [1.165, 1.54) is 5.56 Å². The maximum absolute atomic E-state index is 13.0. The van der Waals surface area contributed by atoms with Gasteiger partial charge in [0.05, 0.1) is 6.54 Å². The summed E-state index contributed by atoms with van der Waals surface area (Å²) in [7, 11) is 0. The summed E-state index contributed by atoms with van der Waals surface area (Å²) in [6.45, 7) is 2.92. The number of benzene rings is 2. The molecule has 0 radical (unpaired) electrons. The van der Waals surface area contributed by atoms with E-state index in [4.69, 9.17) is 9.47 Å². The number of carbonyl (C=O) groups is 2. The summed E-state index contributed by atoms with van der Waals surface area (Å²) in [5.41, 5.74) is 3.95. The predicted molar refractivity (Wildman–Crippen MR) is 134 cm³/mol. The minimum atomic E-state index is -0.767. The molecule has 35 heavy (non-hydrogen) atoms. The van der Waals surface area contributed by atoms with Gasteiger partial charge in [0.2, 0.25) is 0 Å². The van der Waals surface area contributed by atoms with Crippen molar-refractivity contribution in [1.82, 2.24) is 15.1 Å². The average molecular weight is 476 g/mol. The molecule has 1 aromatic heterocycles. The molecule has 7 heteroatoms. The lowest BCUT2D eigenvalue weighted by atomic mass is 10.0. The van der Waals surface area contributed by atoms with E-state index >= 15 is 0 Å². The van der Waals surface area contributed by atoms with Gasteiger partial charge < -0.3 is 14.8 Å². The largest absolute Gasteiger partial charge is 0.353 e. The maximum atomic E-state index is 13.0. The average Bonchev–Trinajstić information content (AvgIpc) is 3.41. The number of ketones is 1. The summed E-state index contributed by atoms with van der Waals surface area (Å²) in [6.07, 6.45) is 8.03. The molecular weight excluding hydrogens is 442 g/mol. The Morgan fingerprint density at radius 2 is 1.86 bits per heavy atom. The van der Waals surface area contributed by atoms with Crippen molar-refractivity contribution in [1.29, 1.82) is 0 Å². The van der Waals surface area contributed by atoms with Gasteiger partial charge in [-0.05, 0) is 60.6 Å². The van der Waals surface area contributed by atoms with Crippen LogP contribution in [0.3, 0.4) is 0 Å². The second kappa shape index (κ2) is 12.4. The summed E-state index contributed by atoms with van der Waals surface area (Å²) in [5.74, 6) is -0.527. The first-order chi connectivity index (χ1) is 17.1. The smallest absolute Gasteiger partial charge is 0.251 e. The Kier molecular flexibility index (Phi) is 8.81. The van der Waals surface area contributed by atoms with E-state index in [1.807, 2.05) is 12.1 Å². The van der Waals surface area contributed by atoms with Crippen LogP contribution in [-0.4, -0.2) is 47.0 Å². The lowest BCUT2D eigenvalue weighted by Crippen LogP contribution is -2.46. The summed E-state index contributed by atoms with van der Waals surface area (Å²) < 4.78 is 12.8. The molecule has 2 heterocycles. The van der Waals surface area contributed by atoms with Crippen molar-refractivity contribution in [3.63, 3.8) is 0 Å². The van der Waals surface area contributed by atoms with Crippen LogP contribution in [0.5, 0.6) is 0 Å². The van der Waals surface area contributed by atoms with Crippen molar-refractivity contribution in [3.8, 4) is 11.1 Å². The highest BCUT2D eigenvalue weighted by molar-refractivity contribution is 5.98. The third kappa shape index (κ3) is 7.10. The second-order valence-electron chi connectivity index (χ2n) is 8.85. The van der Waals surface area contributed by atoms with E-state index < -0.39 is 6.04 Å². The van der Waals surface area contributed by atoms with Crippen LogP contribution in [0.25, 0.3) is 11.1 Å². The Morgan fingerprint density at radius 1 is 1.11 bits per heavy atom. The number of rotatable bonds is 11. The number of aromatic nitrogens is 2. The van der Waals surface area contributed by atoms with Crippen molar-refractivity contribution in [3.05, 3.63) is 78.1 Å². The number of nitrogens with zero attached hydrogens (tertiary/aromatic N) is 2. The van der Waals surface area contributed by atoms with Crippen LogP contribution in [0, 0.1) is 0 Å². The zero-order valence-electron chi connectivity index (χ0n) is 20.2. The second-order valence-corrected chi connectivity index (χ2v) is 8.85. The molecule has 1 amide bonds. The Balaban J connectivity index is 1.40. The molecule has 184 valence electrons. The van der Waals surface area contributed by atoms with Crippen molar-refractivity contribution >= 4 is 11.7 Å². The Labute approximate surface area is 206 Å². The fourth-order valence-corrected chi connectivity index (χ4v) is 4.15. The van der Waals surface area contributed by atoms with Gasteiger partial charge >= 0.3 is 0 Å². The summed E-state index contributed by atoms with van der Waals surface area (Å²) in [6, 6.07) is 16.9. The molecule has 1 N–H and O–H groups in total. The lowest BCUT2D eigenvalue weighted by molar-refractivity contribution is -0.170. The SMILES string of the molecule is CCCc1ccc(-c2ccc(C(=O)N[C@@H](Cn3cccn3)C(=O)COC3CCCCO3)cc2)cc1. The van der Waals surface area contributed by atoms with E-state index in [0.29, 0.717) is 12.2 Å². The maximum Gasteiger partial charge on any atom is 0.251 e. The van der Waals surface area contributed by atoms with Crippen LogP contribution in [0.15, 0.2) is 67.0 Å². The van der Waals surface area contributed by atoms with E-state index in [2.05, 4.69) is 41.6 Å². The number of amides is 1. The molecule has 1 saturated heterocycles. The van der Waals surface area contributed by atoms with Gasteiger partial charge in [0.1, 0.15) is 12.6 Å². The van der Waals surface area contributed by atoms with Crippen molar-refractivity contribution in [2.45, 2.75) is 57.9 Å². The third-order valence-corrected chi connectivity index (χ3v) is 6.15. The summed E-state index contributed by atoms with van der Waals surface area (Å²) in [4.78, 5) is 26.0. The first kappa shape index (κ1) is 24.8. The Hall–Kier alpha value is -3.29. The molecule has 0 bridgehead atoms. The zero-order valence-corrected chi connectivity index (χ0v) is 20.2. The molecule has 2 aromatic carbocycles. The van der Waals surface area contributed by atoms with E-state index in [9.17, 15) is 9.59 Å². The fourth-order valence-electron chi connectivity index (χ4n) is 4.15. The quantitative estimate of drug-likeness (QED) is 0.444. The highest BCUT2D eigenvalue weighted by atomic mass is 16.7. The molecule has 1 unspecified atom stereocenters. The minimum absolute atomic E-state index is 0.121. The number of aryl methyl sites for hydroxylation is 1. The zero-order chi connectivity index (χ0) is 24.5. The highest BCUT2D eigenvalue weighted by Crippen LogP contribution is 2.21. The summed E-state index contributed by atoms with van der Waals surface area (Å²) in [5, 5.41) is 7.05. The standard InChI is InChI=1S/C28H33N3O4/c1-2-6-21-8-10-22(11-9-21)23-12-14-24(15-13-23)28(33)30-25(19-31-17-5-16-29-31)26(32)20-35-27-7-3-4-18-34-27/h5,8-17,25,27H,2-4,6-7,18-20H2,1H3,(H,30,33)/t25-,27?/m0/s1. The molecule has 4 rings (SSSR count). The van der Waals surface area contributed by atoms with Crippen LogP contribution in [0.2, 0.25) is 0 Å². The predicted octanol–water partition coefficient (Wildman–Crippen LogP) is 4.41. The van der Waals surface area contributed by atoms with Crippen LogP contribution >= 0.6 is 0 Å². The molecule has 0 saturated carbocycles. The van der Waals surface area contributed by atoms with Crippen molar-refractivity contribution in [2.24, 2.45) is 0 Å². The minimum Gasteiger partial charge on any atom is -0.353 e. The molecule has 0 spiro atoms. The Bertz CT molecular complexity index is 1070. The Morgan fingerprint density at radius 3 is 2.49 bits per heavy atom. The first-order valence-corrected chi connectivity index (χ1v) is 12.4. The van der Waals surface area contributed by atoms with Gasteiger partial charge in [-0.1, -0.05) is 49.7 Å². The molecule has 1 aliphatic rings. The summed E-state index contributed by atoms with van der Waals surface area (Å²) >= 11 is 0. The molecule has 7 nitrogen and oxygen atoms in total. The number of hydrogen-bond donors (Lipinski definition) is 1. The molecule has 3 aromatic rings. The van der Waals surface area contributed by atoms with Crippen LogP contribution in [-0.2, 0) is 27.2 Å².